The second-order valence-corrected chi connectivity index (χ2v) is 12.6. The number of nitrogens with two attached hydrogens (primary N) is 1. The summed E-state index contributed by atoms with van der Waals surface area (Å²) in [5, 5.41) is 11.3. The molecule has 0 bridgehead atoms. The smallest absolute Gasteiger partial charge is 0.417 e. The van der Waals surface area contributed by atoms with Crippen LogP contribution in [0.1, 0.15) is 77.7 Å². The summed E-state index contributed by atoms with van der Waals surface area (Å²) < 4.78 is 36.1. The normalized spacial score (nSPS) is 15.3. The van der Waals surface area contributed by atoms with Gasteiger partial charge in [-0.2, -0.15) is 0 Å². The molecule has 0 aromatic heterocycles. The molecular formula is C42H45F2I3N4O9. The summed E-state index contributed by atoms with van der Waals surface area (Å²) in [6, 6.07) is 28.9. The van der Waals surface area contributed by atoms with Gasteiger partial charge in [-0.1, -0.05) is 78.0 Å². The van der Waals surface area contributed by atoms with E-state index in [0.29, 0.717) is 30.5 Å². The van der Waals surface area contributed by atoms with E-state index >= 15 is 0 Å². The molecule has 0 radical (unpaired) electrons. The van der Waals surface area contributed by atoms with Gasteiger partial charge in [0.25, 0.3) is 0 Å². The van der Waals surface area contributed by atoms with Crippen LogP contribution in [0.25, 0.3) is 0 Å². The first kappa shape index (κ1) is 52.0. The number of nitrogens with zero attached hydrogens (tertiary/aromatic N) is 3. The number of carbonyl (C=O) groups excluding carboxylic acids is 5. The van der Waals surface area contributed by atoms with Crippen molar-refractivity contribution in [1.82, 2.24) is 9.80 Å². The number of hydrogen-bond donors (Lipinski definition) is 2. The highest BCUT2D eigenvalue weighted by Gasteiger charge is 2.39. The van der Waals surface area contributed by atoms with Gasteiger partial charge in [0.15, 0.2) is 5.78 Å². The number of ketones is 1. The van der Waals surface area contributed by atoms with Crippen LogP contribution in [0.15, 0.2) is 114 Å². The predicted molar refractivity (Wildman–Crippen MR) is 248 cm³/mol. The zero-order valence-corrected chi connectivity index (χ0v) is 39.1. The number of halogens is 5. The van der Waals surface area contributed by atoms with Crippen LogP contribution in [0.5, 0.6) is 0 Å². The van der Waals surface area contributed by atoms with Crippen LogP contribution in [0.3, 0.4) is 0 Å². The van der Waals surface area contributed by atoms with Crippen LogP contribution in [0.2, 0.25) is 0 Å². The van der Waals surface area contributed by atoms with E-state index in [4.69, 9.17) is 19.4 Å². The van der Waals surface area contributed by atoms with Crippen LogP contribution in [0, 0.1) is 11.6 Å². The molecule has 2 heterocycles. The highest BCUT2D eigenvalue weighted by molar-refractivity contribution is 15.0. The number of cyclic esters (lactones) is 2. The minimum atomic E-state index is -0.659. The molecule has 2 aliphatic rings. The minimum Gasteiger partial charge on any atom is -0.446 e. The molecular weight excluding hydrogens is 1120 g/mol. The molecule has 0 unspecified atom stereocenters. The van der Waals surface area contributed by atoms with Crippen LogP contribution < -0.4 is 5.73 Å². The zero-order chi connectivity index (χ0) is 43.2. The summed E-state index contributed by atoms with van der Waals surface area (Å²) in [4.78, 5) is 68.4. The maximum absolute atomic E-state index is 13.1. The lowest BCUT2D eigenvalue weighted by molar-refractivity contribution is -0.130. The highest BCUT2D eigenvalue weighted by atomic mass is 128. The maximum Gasteiger partial charge on any atom is 0.417 e. The van der Waals surface area contributed by atoms with Gasteiger partial charge >= 0.3 is 12.2 Å². The fraction of sp³-hybridized carbons (Fsp3) is 0.286. The first-order valence-corrected chi connectivity index (χ1v) is 24.5. The molecule has 0 spiro atoms. The van der Waals surface area contributed by atoms with Crippen molar-refractivity contribution in [3.63, 3.8) is 0 Å². The number of hydrogen-bond acceptors (Lipinski definition) is 11. The van der Waals surface area contributed by atoms with Crippen molar-refractivity contribution in [2.24, 2.45) is 10.9 Å². The molecule has 2 fully saturated rings. The maximum atomic E-state index is 13.1. The number of rotatable bonds is 13. The third-order valence-electron chi connectivity index (χ3n) is 8.80. The van der Waals surface area contributed by atoms with Crippen LogP contribution >= 0.6 is 61.2 Å². The summed E-state index contributed by atoms with van der Waals surface area (Å²) in [6.07, 6.45) is 0.301. The number of benzene rings is 4. The van der Waals surface area contributed by atoms with Crippen molar-refractivity contribution in [3.8, 4) is 0 Å². The van der Waals surface area contributed by atoms with E-state index in [1.807, 2.05) is 60.7 Å². The molecule has 4 amide bonds. The molecule has 60 heavy (non-hydrogen) atoms. The number of oxime groups is 1. The Balaban J connectivity index is 0.000000369. The zero-order valence-electron chi connectivity index (χ0n) is 32.5. The van der Waals surface area contributed by atoms with E-state index in [0.717, 1.165) is 21.6 Å². The molecule has 4 aromatic carbocycles. The van der Waals surface area contributed by atoms with Crippen molar-refractivity contribution < 1.29 is 52.2 Å². The molecule has 18 heteroatoms. The van der Waals surface area contributed by atoms with E-state index in [9.17, 15) is 32.8 Å². The van der Waals surface area contributed by atoms with Crippen LogP contribution in [-0.2, 0) is 23.9 Å². The Morgan fingerprint density at radius 1 is 0.700 bits per heavy atom. The Morgan fingerprint density at radius 2 is 1.08 bits per heavy atom. The van der Waals surface area contributed by atoms with Crippen molar-refractivity contribution in [1.29, 1.82) is 0 Å². The molecule has 0 saturated carbocycles. The van der Waals surface area contributed by atoms with E-state index in [-0.39, 0.29) is 86.6 Å². The van der Waals surface area contributed by atoms with Gasteiger partial charge in [-0.3, -0.25) is 14.4 Å². The molecule has 3 N–H and O–H groups in total. The monoisotopic (exact) mass is 1170 g/mol. The number of imide groups is 2. The molecule has 6 rings (SSSR count). The second-order valence-electron chi connectivity index (χ2n) is 12.6. The van der Waals surface area contributed by atoms with Gasteiger partial charge < -0.3 is 25.2 Å². The summed E-state index contributed by atoms with van der Waals surface area (Å²) in [6.45, 7) is 0.0314. The number of Topliss-reactive ketones (excluding diaryl/α,β-unsaturated/α-hetero) is 1. The van der Waals surface area contributed by atoms with E-state index < -0.39 is 30.1 Å². The van der Waals surface area contributed by atoms with Gasteiger partial charge in [0.1, 0.15) is 44.0 Å². The molecule has 2 atom stereocenters. The van der Waals surface area contributed by atoms with E-state index in [2.05, 4.69) is 48.1 Å². The third kappa shape index (κ3) is 16.0. The number of aliphatic hydroxyl groups excluding tert-OH is 1. The predicted octanol–water partition coefficient (Wildman–Crippen LogP) is 9.25. The summed E-state index contributed by atoms with van der Waals surface area (Å²) in [5.74, 6) is -1.58. The number of amides is 4. The van der Waals surface area contributed by atoms with Crippen molar-refractivity contribution in [3.05, 3.63) is 143 Å². The first-order valence-electron chi connectivity index (χ1n) is 18.2. The van der Waals surface area contributed by atoms with E-state index in [1.54, 1.807) is 12.1 Å². The SMILES string of the molecule is CO/N=C(\CCCC(=O)N1C(=O)OC[C@@H]1c1ccccc1)c1ccc(F)cc1.I.II.NCO.O=C(CCCC(=O)N1C(=O)OC[C@@H]1c1ccccc1)c1ccc(F)cc1. The second kappa shape index (κ2) is 28.4. The van der Waals surface area contributed by atoms with Crippen molar-refractivity contribution in [2.75, 3.05) is 27.1 Å². The number of ether oxygens (including phenoxy) is 2. The lowest BCUT2D eigenvalue weighted by Crippen LogP contribution is -2.34. The van der Waals surface area contributed by atoms with Crippen LogP contribution in [-0.4, -0.2) is 77.5 Å². The fourth-order valence-electron chi connectivity index (χ4n) is 6.06. The lowest BCUT2D eigenvalue weighted by Gasteiger charge is -2.20. The Labute approximate surface area is 387 Å². The van der Waals surface area contributed by atoms with Gasteiger partial charge in [-0.15, -0.1) is 24.0 Å². The minimum absolute atomic E-state index is 0. The van der Waals surface area contributed by atoms with Crippen LogP contribution in [0.4, 0.5) is 18.4 Å². The highest BCUT2D eigenvalue weighted by Crippen LogP contribution is 2.30. The third-order valence-corrected chi connectivity index (χ3v) is 8.80. The van der Waals surface area contributed by atoms with Gasteiger partial charge in [0, 0.05) is 62.1 Å². The van der Waals surface area contributed by atoms with Gasteiger partial charge in [-0.05, 0) is 72.4 Å². The lowest BCUT2D eigenvalue weighted by atomic mass is 10.0. The Hall–Kier alpha value is -4.13. The number of aliphatic hydroxyl groups is 1. The topological polar surface area (TPSA) is 178 Å². The molecule has 13 nitrogen and oxygen atoms in total. The molecule has 4 aromatic rings. The fourth-order valence-corrected chi connectivity index (χ4v) is 6.06. The van der Waals surface area contributed by atoms with Gasteiger partial charge in [0.05, 0.1) is 12.4 Å². The summed E-state index contributed by atoms with van der Waals surface area (Å²) >= 11 is 4.24. The largest absolute Gasteiger partial charge is 0.446 e. The van der Waals surface area contributed by atoms with Crippen molar-refractivity contribution >= 4 is 96.7 Å². The average molecular weight is 1170 g/mol. The Kier molecular flexibility index (Phi) is 24.6. The van der Waals surface area contributed by atoms with Gasteiger partial charge in [0.2, 0.25) is 11.8 Å². The summed E-state index contributed by atoms with van der Waals surface area (Å²) in [5.41, 5.74) is 7.82. The van der Waals surface area contributed by atoms with E-state index in [1.165, 1.54) is 48.4 Å². The molecule has 2 aliphatic heterocycles. The Morgan fingerprint density at radius 3 is 1.48 bits per heavy atom. The first-order chi connectivity index (χ1) is 28.6. The van der Waals surface area contributed by atoms with Gasteiger partial charge in [-0.25, -0.2) is 28.2 Å². The Bertz CT molecular complexity index is 1980. The quantitative estimate of drug-likeness (QED) is 0.0431. The summed E-state index contributed by atoms with van der Waals surface area (Å²) in [7, 11) is 1.43. The standard InChI is InChI=1S/C21H21FN2O4.C20H18FNO4.CH5NO.I2.HI/c1-27-23-18(15-10-12-17(22)13-11-15)8-5-9-20(25)24-19(14-28-21(24)26)16-6-3-2-4-7-16;21-16-11-9-15(10-12-16)18(23)7-4-8-19(24)22-17(13-26-20(22)25)14-5-2-1-3-6-14;2-1-3;1-2;/h2-4,6-7,10-13,19H,5,8-9,14H2,1H3;1-3,5-6,9-12,17H,4,7-8,13H2;3H,1-2H2;;1H/b23-18+;;;;/t19-;17-;;;/m11.../s1. The molecule has 0 aliphatic carbocycles. The number of carbonyl (C=O) groups is 5. The van der Waals surface area contributed by atoms with Crippen molar-refractivity contribution in [2.45, 2.75) is 50.6 Å². The molecule has 2 saturated heterocycles. The average Bonchev–Trinajstić information content (AvgIpc) is 3.85. The molecule has 322 valence electrons.